The number of benzene rings is 1. The third-order valence-corrected chi connectivity index (χ3v) is 3.19. The molecule has 0 unspecified atom stereocenters. The maximum Gasteiger partial charge on any atom is 0.184 e. The summed E-state index contributed by atoms with van der Waals surface area (Å²) in [6.45, 7) is 0.567. The number of pyridine rings is 1. The van der Waals surface area contributed by atoms with Crippen LogP contribution < -0.4 is 19.7 Å². The highest BCUT2D eigenvalue weighted by atomic mass is 16.5. The van der Waals surface area contributed by atoms with Crippen LogP contribution in [0, 0.1) is 0 Å². The summed E-state index contributed by atoms with van der Waals surface area (Å²) >= 11 is 0. The van der Waals surface area contributed by atoms with Gasteiger partial charge in [-0.1, -0.05) is 6.07 Å². The van der Waals surface area contributed by atoms with E-state index in [4.69, 9.17) is 9.47 Å². The summed E-state index contributed by atoms with van der Waals surface area (Å²) in [7, 11) is 7.28. The van der Waals surface area contributed by atoms with Crippen LogP contribution in [-0.2, 0) is 6.54 Å². The highest BCUT2D eigenvalue weighted by Gasteiger charge is 2.10. The van der Waals surface area contributed by atoms with Crippen LogP contribution in [0.2, 0.25) is 0 Å². The van der Waals surface area contributed by atoms with Gasteiger partial charge in [0.2, 0.25) is 0 Å². The number of methoxy groups -OCH3 is 2. The van der Waals surface area contributed by atoms with Crippen molar-refractivity contribution in [2.45, 2.75) is 6.54 Å². The van der Waals surface area contributed by atoms with Gasteiger partial charge in [0.1, 0.15) is 5.69 Å². The Hall–Kier alpha value is -2.43. The maximum atomic E-state index is 5.38. The van der Waals surface area contributed by atoms with Crippen molar-refractivity contribution in [2.75, 3.05) is 38.5 Å². The molecule has 0 aliphatic rings. The third-order valence-electron chi connectivity index (χ3n) is 3.19. The third kappa shape index (κ3) is 3.56. The molecule has 1 heterocycles. The number of anilines is 2. The Morgan fingerprint density at radius 3 is 2.62 bits per heavy atom. The minimum atomic E-state index is 0.567. The van der Waals surface area contributed by atoms with Crippen LogP contribution in [0.5, 0.6) is 11.5 Å². The first-order valence-corrected chi connectivity index (χ1v) is 6.73. The summed E-state index contributed by atoms with van der Waals surface area (Å²) < 4.78 is 10.7. The molecule has 1 aromatic carbocycles. The molecular formula is C16H21N3O2. The predicted octanol–water partition coefficient (Wildman–Crippen LogP) is 2.78. The smallest absolute Gasteiger partial charge is 0.184 e. The number of hydrogen-bond acceptors (Lipinski definition) is 5. The van der Waals surface area contributed by atoms with E-state index in [0.29, 0.717) is 18.0 Å². The molecule has 0 atom stereocenters. The van der Waals surface area contributed by atoms with Crippen molar-refractivity contribution in [1.29, 1.82) is 0 Å². The van der Waals surface area contributed by atoms with Crippen LogP contribution in [0.15, 0.2) is 36.5 Å². The highest BCUT2D eigenvalue weighted by molar-refractivity contribution is 5.57. The molecule has 2 rings (SSSR count). The van der Waals surface area contributed by atoms with E-state index >= 15 is 0 Å². The molecule has 1 aromatic heterocycles. The van der Waals surface area contributed by atoms with E-state index in [9.17, 15) is 0 Å². The first kappa shape index (κ1) is 15.0. The van der Waals surface area contributed by atoms with E-state index in [-0.39, 0.29) is 0 Å². The van der Waals surface area contributed by atoms with Gasteiger partial charge in [0.05, 0.1) is 20.8 Å². The Morgan fingerprint density at radius 2 is 1.95 bits per heavy atom. The summed E-state index contributed by atoms with van der Waals surface area (Å²) in [6.07, 6.45) is 1.72. The minimum absolute atomic E-state index is 0.567. The van der Waals surface area contributed by atoms with Crippen molar-refractivity contribution >= 4 is 11.4 Å². The van der Waals surface area contributed by atoms with Gasteiger partial charge in [-0.15, -0.1) is 0 Å². The van der Waals surface area contributed by atoms with Gasteiger partial charge in [0, 0.05) is 37.7 Å². The Labute approximate surface area is 125 Å². The molecule has 0 spiro atoms. The molecule has 21 heavy (non-hydrogen) atoms. The fourth-order valence-corrected chi connectivity index (χ4v) is 2.06. The molecule has 5 nitrogen and oxygen atoms in total. The molecule has 0 radical (unpaired) electrons. The van der Waals surface area contributed by atoms with E-state index in [1.54, 1.807) is 26.5 Å². The quantitative estimate of drug-likeness (QED) is 0.885. The Balaban J connectivity index is 2.15. The van der Waals surface area contributed by atoms with Crippen LogP contribution in [0.25, 0.3) is 0 Å². The highest BCUT2D eigenvalue weighted by Crippen LogP contribution is 2.29. The molecule has 0 fully saturated rings. The predicted molar refractivity (Wildman–Crippen MR) is 85.4 cm³/mol. The van der Waals surface area contributed by atoms with Crippen molar-refractivity contribution in [2.24, 2.45) is 0 Å². The average Bonchev–Trinajstić information content (AvgIpc) is 2.52. The van der Waals surface area contributed by atoms with Crippen LogP contribution in [0.4, 0.5) is 11.4 Å². The molecule has 5 heteroatoms. The van der Waals surface area contributed by atoms with Gasteiger partial charge in [0.25, 0.3) is 0 Å². The summed E-state index contributed by atoms with van der Waals surface area (Å²) in [5.41, 5.74) is 2.99. The van der Waals surface area contributed by atoms with E-state index in [1.807, 2.05) is 26.2 Å². The maximum absolute atomic E-state index is 5.38. The summed E-state index contributed by atoms with van der Waals surface area (Å²) in [5, 5.41) is 3.36. The summed E-state index contributed by atoms with van der Waals surface area (Å²) in [5.74, 6) is 1.35. The van der Waals surface area contributed by atoms with Crippen molar-refractivity contribution in [1.82, 2.24) is 4.98 Å². The standard InChI is InChI=1S/C16H21N3O2/c1-19(2)13-7-5-6-12(10-13)18-11-14-16(21-4)15(20-3)8-9-17-14/h5-10,18H,11H2,1-4H3. The van der Waals surface area contributed by atoms with Crippen molar-refractivity contribution in [3.63, 3.8) is 0 Å². The summed E-state index contributed by atoms with van der Waals surface area (Å²) in [4.78, 5) is 6.42. The number of nitrogens with zero attached hydrogens (tertiary/aromatic N) is 2. The second-order valence-electron chi connectivity index (χ2n) is 4.79. The SMILES string of the molecule is COc1ccnc(CNc2cccc(N(C)C)c2)c1OC. The van der Waals surface area contributed by atoms with Crippen LogP contribution in [0.3, 0.4) is 0 Å². The Bertz CT molecular complexity index is 600. The van der Waals surface area contributed by atoms with Gasteiger partial charge < -0.3 is 19.7 Å². The number of nitrogens with one attached hydrogen (secondary N) is 1. The van der Waals surface area contributed by atoms with Crippen LogP contribution in [0.1, 0.15) is 5.69 Å². The number of rotatable bonds is 6. The van der Waals surface area contributed by atoms with Gasteiger partial charge in [-0.3, -0.25) is 4.98 Å². The van der Waals surface area contributed by atoms with E-state index in [1.165, 1.54) is 0 Å². The zero-order valence-corrected chi connectivity index (χ0v) is 12.9. The zero-order chi connectivity index (χ0) is 15.2. The van der Waals surface area contributed by atoms with E-state index in [2.05, 4.69) is 27.3 Å². The first-order chi connectivity index (χ1) is 10.2. The average molecular weight is 287 g/mol. The normalized spacial score (nSPS) is 10.1. The Kier molecular flexibility index (Phi) is 4.87. The molecule has 0 bridgehead atoms. The molecule has 112 valence electrons. The minimum Gasteiger partial charge on any atom is -0.493 e. The molecule has 0 amide bonds. The number of ether oxygens (including phenoxy) is 2. The molecule has 0 saturated carbocycles. The Morgan fingerprint density at radius 1 is 1.14 bits per heavy atom. The first-order valence-electron chi connectivity index (χ1n) is 6.73. The second-order valence-corrected chi connectivity index (χ2v) is 4.79. The molecule has 0 aliphatic heterocycles. The fourth-order valence-electron chi connectivity index (χ4n) is 2.06. The van der Waals surface area contributed by atoms with Crippen molar-refractivity contribution < 1.29 is 9.47 Å². The molecule has 0 saturated heterocycles. The van der Waals surface area contributed by atoms with Crippen molar-refractivity contribution in [3.8, 4) is 11.5 Å². The number of hydrogen-bond donors (Lipinski definition) is 1. The molecular weight excluding hydrogens is 266 g/mol. The molecule has 1 N–H and O–H groups in total. The lowest BCUT2D eigenvalue weighted by Gasteiger charge is -2.15. The number of aromatic nitrogens is 1. The van der Waals surface area contributed by atoms with Crippen molar-refractivity contribution in [3.05, 3.63) is 42.2 Å². The lowest BCUT2D eigenvalue weighted by molar-refractivity contribution is 0.350. The van der Waals surface area contributed by atoms with Crippen LogP contribution >= 0.6 is 0 Å². The molecule has 2 aromatic rings. The lowest BCUT2D eigenvalue weighted by Crippen LogP contribution is -2.09. The van der Waals surface area contributed by atoms with Crippen LogP contribution in [-0.4, -0.2) is 33.3 Å². The van der Waals surface area contributed by atoms with Gasteiger partial charge in [-0.2, -0.15) is 0 Å². The topological polar surface area (TPSA) is 46.6 Å². The lowest BCUT2D eigenvalue weighted by atomic mass is 10.2. The summed E-state index contributed by atoms with van der Waals surface area (Å²) in [6, 6.07) is 9.99. The molecule has 0 aliphatic carbocycles. The largest absolute Gasteiger partial charge is 0.493 e. The van der Waals surface area contributed by atoms with Gasteiger partial charge in [-0.25, -0.2) is 0 Å². The zero-order valence-electron chi connectivity index (χ0n) is 12.9. The van der Waals surface area contributed by atoms with Gasteiger partial charge in [0.15, 0.2) is 11.5 Å². The van der Waals surface area contributed by atoms with E-state index in [0.717, 1.165) is 17.1 Å². The monoisotopic (exact) mass is 287 g/mol. The second kappa shape index (κ2) is 6.83. The van der Waals surface area contributed by atoms with Gasteiger partial charge in [-0.05, 0) is 18.2 Å². The van der Waals surface area contributed by atoms with Gasteiger partial charge >= 0.3 is 0 Å². The van der Waals surface area contributed by atoms with E-state index < -0.39 is 0 Å². The fraction of sp³-hybridized carbons (Fsp3) is 0.312.